The maximum atomic E-state index is 9.84. The summed E-state index contributed by atoms with van der Waals surface area (Å²) in [7, 11) is 0. The third-order valence-corrected chi connectivity index (χ3v) is 3.07. The molecule has 0 aliphatic heterocycles. The fourth-order valence-corrected chi connectivity index (χ4v) is 2.04. The predicted octanol–water partition coefficient (Wildman–Crippen LogP) is 2.56. The van der Waals surface area contributed by atoms with Crippen molar-refractivity contribution in [1.29, 1.82) is 0 Å². The topological polar surface area (TPSA) is 49.2 Å². The largest absolute Gasteiger partial charge is 0.389 e. The van der Waals surface area contributed by atoms with E-state index in [-0.39, 0.29) is 0 Å². The highest BCUT2D eigenvalue weighted by Crippen LogP contribution is 2.24. The van der Waals surface area contributed by atoms with Crippen LogP contribution in [0.5, 0.6) is 0 Å². The molecule has 0 unspecified atom stereocenters. The van der Waals surface area contributed by atoms with E-state index in [1.165, 1.54) is 5.56 Å². The second-order valence-electron chi connectivity index (χ2n) is 4.46. The normalized spacial score (nSPS) is 12.2. The third-order valence-electron chi connectivity index (χ3n) is 3.07. The van der Waals surface area contributed by atoms with Gasteiger partial charge in [-0.1, -0.05) is 6.07 Å². The Balaban J connectivity index is 2.27. The van der Waals surface area contributed by atoms with Crippen LogP contribution in [0.4, 0.5) is 5.82 Å². The Bertz CT molecular complexity index is 514. The summed E-state index contributed by atoms with van der Waals surface area (Å²) < 4.78 is 0. The highest BCUT2D eigenvalue weighted by molar-refractivity contribution is 5.48. The van der Waals surface area contributed by atoms with Gasteiger partial charge in [0.1, 0.15) is 5.82 Å². The summed E-state index contributed by atoms with van der Waals surface area (Å²) in [5, 5.41) is 9.84. The molecule has 2 aromatic heterocycles. The van der Waals surface area contributed by atoms with Gasteiger partial charge < -0.3 is 10.0 Å². The average molecular weight is 257 g/mol. The van der Waals surface area contributed by atoms with Gasteiger partial charge in [-0.2, -0.15) is 0 Å². The Morgan fingerprint density at radius 2 is 1.95 bits per heavy atom. The van der Waals surface area contributed by atoms with Gasteiger partial charge in [-0.3, -0.25) is 4.98 Å². The molecular formula is C15H19N3O. The minimum absolute atomic E-state index is 0.518. The lowest BCUT2D eigenvalue weighted by atomic mass is 10.1. The van der Waals surface area contributed by atoms with E-state index in [2.05, 4.69) is 21.8 Å². The predicted molar refractivity (Wildman–Crippen MR) is 75.8 cm³/mol. The fraction of sp³-hybridized carbons (Fsp3) is 0.333. The molecule has 0 saturated heterocycles. The van der Waals surface area contributed by atoms with E-state index in [0.717, 1.165) is 24.5 Å². The molecule has 0 fully saturated rings. The lowest BCUT2D eigenvalue weighted by Crippen LogP contribution is -2.24. The van der Waals surface area contributed by atoms with Gasteiger partial charge in [0.15, 0.2) is 0 Å². The molecule has 1 N–H and O–H groups in total. The highest BCUT2D eigenvalue weighted by atomic mass is 16.3. The number of anilines is 1. The van der Waals surface area contributed by atoms with Crippen molar-refractivity contribution in [2.24, 2.45) is 0 Å². The zero-order valence-corrected chi connectivity index (χ0v) is 11.3. The first-order valence-electron chi connectivity index (χ1n) is 6.49. The van der Waals surface area contributed by atoms with Crippen LogP contribution in [0.1, 0.15) is 31.1 Å². The molecule has 19 heavy (non-hydrogen) atoms. The standard InChI is InChI=1S/C15H19N3O/c1-3-18(11-13-6-9-16-10-7-13)15-14(12(2)19)5-4-8-17-15/h4-10,12,19H,3,11H2,1-2H3/t12-/m0/s1. The first-order chi connectivity index (χ1) is 9.22. The molecule has 100 valence electrons. The third kappa shape index (κ3) is 3.29. The summed E-state index contributed by atoms with van der Waals surface area (Å²) in [6.07, 6.45) is 4.82. The summed E-state index contributed by atoms with van der Waals surface area (Å²) in [4.78, 5) is 10.6. The summed E-state index contributed by atoms with van der Waals surface area (Å²) in [6, 6.07) is 7.76. The van der Waals surface area contributed by atoms with Crippen LogP contribution >= 0.6 is 0 Å². The summed E-state index contributed by atoms with van der Waals surface area (Å²) >= 11 is 0. The van der Waals surface area contributed by atoms with Crippen molar-refractivity contribution in [3.63, 3.8) is 0 Å². The van der Waals surface area contributed by atoms with Gasteiger partial charge in [0.25, 0.3) is 0 Å². The van der Waals surface area contributed by atoms with Gasteiger partial charge >= 0.3 is 0 Å². The number of nitrogens with zero attached hydrogens (tertiary/aromatic N) is 3. The Morgan fingerprint density at radius 1 is 1.21 bits per heavy atom. The molecule has 2 rings (SSSR count). The molecule has 0 aromatic carbocycles. The maximum absolute atomic E-state index is 9.84. The molecule has 4 nitrogen and oxygen atoms in total. The van der Waals surface area contributed by atoms with E-state index in [1.807, 2.05) is 24.3 Å². The molecule has 0 saturated carbocycles. The molecule has 0 aliphatic carbocycles. The molecule has 0 amide bonds. The van der Waals surface area contributed by atoms with Crippen LogP contribution in [0.3, 0.4) is 0 Å². The molecule has 2 aromatic rings. The van der Waals surface area contributed by atoms with Crippen LogP contribution < -0.4 is 4.90 Å². The second-order valence-corrected chi connectivity index (χ2v) is 4.46. The Hall–Kier alpha value is -1.94. The zero-order chi connectivity index (χ0) is 13.7. The highest BCUT2D eigenvalue weighted by Gasteiger charge is 2.14. The van der Waals surface area contributed by atoms with Crippen molar-refractivity contribution in [1.82, 2.24) is 9.97 Å². The number of hydrogen-bond donors (Lipinski definition) is 1. The second kappa shape index (κ2) is 6.29. The number of pyridine rings is 2. The lowest BCUT2D eigenvalue weighted by molar-refractivity contribution is 0.199. The lowest BCUT2D eigenvalue weighted by Gasteiger charge is -2.25. The van der Waals surface area contributed by atoms with Crippen LogP contribution in [0.25, 0.3) is 0 Å². The smallest absolute Gasteiger partial charge is 0.134 e. The van der Waals surface area contributed by atoms with Crippen LogP contribution in [-0.4, -0.2) is 21.6 Å². The first kappa shape index (κ1) is 13.5. The minimum atomic E-state index is -0.518. The first-order valence-corrected chi connectivity index (χ1v) is 6.49. The van der Waals surface area contributed by atoms with Gasteiger partial charge in [0.2, 0.25) is 0 Å². The van der Waals surface area contributed by atoms with Crippen LogP contribution in [0.2, 0.25) is 0 Å². The minimum Gasteiger partial charge on any atom is -0.389 e. The van der Waals surface area contributed by atoms with E-state index in [4.69, 9.17) is 0 Å². The molecule has 1 atom stereocenters. The monoisotopic (exact) mass is 257 g/mol. The Labute approximate surface area is 113 Å². The van der Waals surface area contributed by atoms with Crippen molar-refractivity contribution in [3.8, 4) is 0 Å². The van der Waals surface area contributed by atoms with Crippen molar-refractivity contribution in [3.05, 3.63) is 54.0 Å². The Morgan fingerprint density at radius 3 is 2.58 bits per heavy atom. The summed E-state index contributed by atoms with van der Waals surface area (Å²) in [5.41, 5.74) is 2.04. The van der Waals surface area contributed by atoms with Crippen molar-refractivity contribution >= 4 is 5.82 Å². The molecule has 2 heterocycles. The molecule has 4 heteroatoms. The van der Waals surface area contributed by atoms with E-state index < -0.39 is 6.10 Å². The number of aliphatic hydroxyl groups is 1. The van der Waals surface area contributed by atoms with Crippen LogP contribution in [0.15, 0.2) is 42.9 Å². The van der Waals surface area contributed by atoms with Gasteiger partial charge in [-0.05, 0) is 37.6 Å². The average Bonchev–Trinajstić information content (AvgIpc) is 2.46. The van der Waals surface area contributed by atoms with E-state index in [9.17, 15) is 5.11 Å². The van der Waals surface area contributed by atoms with Gasteiger partial charge in [-0.25, -0.2) is 4.98 Å². The number of aliphatic hydroxyl groups excluding tert-OH is 1. The van der Waals surface area contributed by atoms with Crippen molar-refractivity contribution in [2.75, 3.05) is 11.4 Å². The molecular weight excluding hydrogens is 238 g/mol. The summed E-state index contributed by atoms with van der Waals surface area (Å²) in [6.45, 7) is 5.44. The van der Waals surface area contributed by atoms with E-state index in [0.29, 0.717) is 0 Å². The van der Waals surface area contributed by atoms with E-state index in [1.54, 1.807) is 25.5 Å². The SMILES string of the molecule is CCN(Cc1ccncc1)c1ncccc1[C@H](C)O. The quantitative estimate of drug-likeness (QED) is 0.894. The number of hydrogen-bond acceptors (Lipinski definition) is 4. The van der Waals surface area contributed by atoms with Gasteiger partial charge in [0.05, 0.1) is 6.10 Å². The van der Waals surface area contributed by atoms with Crippen molar-refractivity contribution in [2.45, 2.75) is 26.5 Å². The molecule has 0 spiro atoms. The van der Waals surface area contributed by atoms with E-state index >= 15 is 0 Å². The maximum Gasteiger partial charge on any atom is 0.134 e. The van der Waals surface area contributed by atoms with Crippen LogP contribution in [-0.2, 0) is 6.54 Å². The number of rotatable bonds is 5. The zero-order valence-electron chi connectivity index (χ0n) is 11.3. The molecule has 0 aliphatic rings. The molecule has 0 bridgehead atoms. The van der Waals surface area contributed by atoms with Gasteiger partial charge in [-0.15, -0.1) is 0 Å². The number of aromatic nitrogens is 2. The van der Waals surface area contributed by atoms with Crippen molar-refractivity contribution < 1.29 is 5.11 Å². The Kier molecular flexibility index (Phi) is 4.47. The van der Waals surface area contributed by atoms with Crippen LogP contribution in [0, 0.1) is 0 Å². The summed E-state index contributed by atoms with van der Waals surface area (Å²) in [5.74, 6) is 0.844. The fourth-order valence-electron chi connectivity index (χ4n) is 2.04. The van der Waals surface area contributed by atoms with Gasteiger partial charge in [0, 0.05) is 37.2 Å². The molecule has 0 radical (unpaired) electrons.